The van der Waals surface area contributed by atoms with E-state index in [1.807, 2.05) is 0 Å². The number of halogens is 1. The molecule has 1 saturated carbocycles. The Hall–Kier alpha value is -0.380. The van der Waals surface area contributed by atoms with Crippen molar-refractivity contribution in [2.45, 2.75) is 77.7 Å². The van der Waals surface area contributed by atoms with E-state index in [1.54, 1.807) is 0 Å². The number of benzene rings is 1. The standard InChI is InChI=1S/C18H28BrNO/c1-14(2)20-12-15-9-10-16(18(19)11-15)13-21-17-7-5-3-4-6-8-17/h9-11,14,17,20H,3-8,12-13H2,1-2H3. The summed E-state index contributed by atoms with van der Waals surface area (Å²) in [4.78, 5) is 0. The third kappa shape index (κ3) is 6.09. The highest BCUT2D eigenvalue weighted by molar-refractivity contribution is 9.10. The van der Waals surface area contributed by atoms with Gasteiger partial charge in [-0.1, -0.05) is 67.6 Å². The molecule has 3 heteroatoms. The lowest BCUT2D eigenvalue weighted by Gasteiger charge is -2.16. The van der Waals surface area contributed by atoms with Crippen molar-refractivity contribution in [2.24, 2.45) is 0 Å². The zero-order valence-corrected chi connectivity index (χ0v) is 14.9. The van der Waals surface area contributed by atoms with Crippen LogP contribution in [0.15, 0.2) is 22.7 Å². The quantitative estimate of drug-likeness (QED) is 0.710. The van der Waals surface area contributed by atoms with Gasteiger partial charge in [0.05, 0.1) is 12.7 Å². The van der Waals surface area contributed by atoms with E-state index in [0.29, 0.717) is 12.1 Å². The van der Waals surface area contributed by atoms with E-state index in [4.69, 9.17) is 4.74 Å². The maximum absolute atomic E-state index is 6.12. The monoisotopic (exact) mass is 353 g/mol. The first kappa shape index (κ1) is 17.0. The molecule has 1 aromatic rings. The van der Waals surface area contributed by atoms with Crippen molar-refractivity contribution in [1.29, 1.82) is 0 Å². The molecule has 118 valence electrons. The van der Waals surface area contributed by atoms with E-state index in [1.165, 1.54) is 54.1 Å². The van der Waals surface area contributed by atoms with Gasteiger partial charge in [0.1, 0.15) is 0 Å². The van der Waals surface area contributed by atoms with Crippen LogP contribution in [-0.2, 0) is 17.9 Å². The molecule has 0 amide bonds. The van der Waals surface area contributed by atoms with Gasteiger partial charge < -0.3 is 10.1 Å². The normalized spacial score (nSPS) is 17.1. The third-order valence-electron chi connectivity index (χ3n) is 4.11. The highest BCUT2D eigenvalue weighted by Gasteiger charge is 2.13. The Morgan fingerprint density at radius 3 is 2.52 bits per heavy atom. The van der Waals surface area contributed by atoms with Crippen LogP contribution < -0.4 is 5.32 Å². The summed E-state index contributed by atoms with van der Waals surface area (Å²) in [6, 6.07) is 7.12. The van der Waals surface area contributed by atoms with E-state index >= 15 is 0 Å². The summed E-state index contributed by atoms with van der Waals surface area (Å²) >= 11 is 3.69. The molecule has 0 unspecified atom stereocenters. The lowest BCUT2D eigenvalue weighted by atomic mass is 10.1. The van der Waals surface area contributed by atoms with Gasteiger partial charge in [-0.05, 0) is 30.0 Å². The van der Waals surface area contributed by atoms with E-state index in [-0.39, 0.29) is 0 Å². The van der Waals surface area contributed by atoms with Gasteiger partial charge in [-0.3, -0.25) is 0 Å². The van der Waals surface area contributed by atoms with Crippen molar-refractivity contribution in [3.8, 4) is 0 Å². The maximum Gasteiger partial charge on any atom is 0.0731 e. The summed E-state index contributed by atoms with van der Waals surface area (Å²) in [5.74, 6) is 0. The molecule has 2 rings (SSSR count). The molecule has 0 saturated heterocycles. The van der Waals surface area contributed by atoms with Crippen LogP contribution in [-0.4, -0.2) is 12.1 Å². The molecular formula is C18H28BrNO. The van der Waals surface area contributed by atoms with Crippen LogP contribution in [0.5, 0.6) is 0 Å². The van der Waals surface area contributed by atoms with Crippen molar-refractivity contribution in [3.05, 3.63) is 33.8 Å². The second-order valence-corrected chi connectivity index (χ2v) is 7.24. The summed E-state index contributed by atoms with van der Waals surface area (Å²) in [7, 11) is 0. The van der Waals surface area contributed by atoms with Gasteiger partial charge in [0.15, 0.2) is 0 Å². The molecule has 1 aromatic carbocycles. The largest absolute Gasteiger partial charge is 0.374 e. The molecule has 0 aliphatic heterocycles. The Labute approximate surface area is 137 Å². The fraction of sp³-hybridized carbons (Fsp3) is 0.667. The predicted octanol–water partition coefficient (Wildman–Crippen LogP) is 5.19. The molecule has 1 fully saturated rings. The highest BCUT2D eigenvalue weighted by Crippen LogP contribution is 2.24. The minimum absolute atomic E-state index is 0.460. The number of rotatable bonds is 6. The van der Waals surface area contributed by atoms with Crippen LogP contribution in [0.2, 0.25) is 0 Å². The molecule has 0 spiro atoms. The van der Waals surface area contributed by atoms with Crippen LogP contribution in [0.3, 0.4) is 0 Å². The SMILES string of the molecule is CC(C)NCc1ccc(COC2CCCCCC2)c(Br)c1. The molecule has 21 heavy (non-hydrogen) atoms. The Balaban J connectivity index is 1.85. The van der Waals surface area contributed by atoms with Crippen LogP contribution in [0.4, 0.5) is 0 Å². The third-order valence-corrected chi connectivity index (χ3v) is 4.85. The van der Waals surface area contributed by atoms with Gasteiger partial charge in [0.25, 0.3) is 0 Å². The van der Waals surface area contributed by atoms with Crippen molar-refractivity contribution < 1.29 is 4.74 Å². The molecular weight excluding hydrogens is 326 g/mol. The Morgan fingerprint density at radius 2 is 1.90 bits per heavy atom. The smallest absolute Gasteiger partial charge is 0.0731 e. The summed E-state index contributed by atoms with van der Waals surface area (Å²) in [5.41, 5.74) is 2.57. The zero-order valence-electron chi connectivity index (χ0n) is 13.3. The van der Waals surface area contributed by atoms with E-state index in [2.05, 4.69) is 53.3 Å². The van der Waals surface area contributed by atoms with Crippen LogP contribution in [0.1, 0.15) is 63.5 Å². The molecule has 0 heterocycles. The van der Waals surface area contributed by atoms with Crippen LogP contribution >= 0.6 is 15.9 Å². The highest BCUT2D eigenvalue weighted by atomic mass is 79.9. The second kappa shape index (κ2) is 8.92. The van der Waals surface area contributed by atoms with Crippen molar-refractivity contribution in [3.63, 3.8) is 0 Å². The minimum Gasteiger partial charge on any atom is -0.374 e. The average Bonchev–Trinajstić information content (AvgIpc) is 2.72. The maximum atomic E-state index is 6.12. The molecule has 1 N–H and O–H groups in total. The fourth-order valence-electron chi connectivity index (χ4n) is 2.76. The number of nitrogens with one attached hydrogen (secondary N) is 1. The van der Waals surface area contributed by atoms with Crippen LogP contribution in [0, 0.1) is 0 Å². The van der Waals surface area contributed by atoms with Gasteiger partial charge >= 0.3 is 0 Å². The van der Waals surface area contributed by atoms with Gasteiger partial charge in [-0.25, -0.2) is 0 Å². The molecule has 0 bridgehead atoms. The van der Waals surface area contributed by atoms with Crippen LogP contribution in [0.25, 0.3) is 0 Å². The lowest BCUT2D eigenvalue weighted by molar-refractivity contribution is 0.0307. The first-order valence-electron chi connectivity index (χ1n) is 8.27. The fourth-order valence-corrected chi connectivity index (χ4v) is 3.30. The summed E-state index contributed by atoms with van der Waals surface area (Å²) in [5, 5.41) is 3.45. The van der Waals surface area contributed by atoms with Crippen molar-refractivity contribution in [2.75, 3.05) is 0 Å². The van der Waals surface area contributed by atoms with Gasteiger partial charge in [-0.15, -0.1) is 0 Å². The molecule has 0 atom stereocenters. The summed E-state index contributed by atoms with van der Waals surface area (Å²) in [6.45, 7) is 5.98. The van der Waals surface area contributed by atoms with Gasteiger partial charge in [-0.2, -0.15) is 0 Å². The first-order chi connectivity index (χ1) is 10.1. The Bertz CT molecular complexity index is 425. The zero-order chi connectivity index (χ0) is 15.1. The second-order valence-electron chi connectivity index (χ2n) is 6.39. The van der Waals surface area contributed by atoms with E-state index in [0.717, 1.165) is 13.2 Å². The van der Waals surface area contributed by atoms with E-state index in [9.17, 15) is 0 Å². The molecule has 2 nitrogen and oxygen atoms in total. The Kier molecular flexibility index (Phi) is 7.21. The lowest BCUT2D eigenvalue weighted by Crippen LogP contribution is -2.21. The predicted molar refractivity (Wildman–Crippen MR) is 92.4 cm³/mol. The number of ether oxygens (including phenoxy) is 1. The Morgan fingerprint density at radius 1 is 1.19 bits per heavy atom. The summed E-state index contributed by atoms with van der Waals surface area (Å²) < 4.78 is 7.29. The molecule has 1 aliphatic rings. The topological polar surface area (TPSA) is 21.3 Å². The van der Waals surface area contributed by atoms with Crippen molar-refractivity contribution in [1.82, 2.24) is 5.32 Å². The number of hydrogen-bond donors (Lipinski definition) is 1. The number of hydrogen-bond acceptors (Lipinski definition) is 2. The van der Waals surface area contributed by atoms with Gasteiger partial charge in [0.2, 0.25) is 0 Å². The van der Waals surface area contributed by atoms with Crippen molar-refractivity contribution >= 4 is 15.9 Å². The first-order valence-corrected chi connectivity index (χ1v) is 9.06. The molecule has 0 aromatic heterocycles. The molecule has 1 aliphatic carbocycles. The summed E-state index contributed by atoms with van der Waals surface area (Å²) in [6.07, 6.45) is 8.32. The van der Waals surface area contributed by atoms with Gasteiger partial charge in [0, 0.05) is 17.1 Å². The minimum atomic E-state index is 0.460. The molecule has 0 radical (unpaired) electrons. The van der Waals surface area contributed by atoms with E-state index < -0.39 is 0 Å². The average molecular weight is 354 g/mol.